The maximum Gasteiger partial charge on any atom is 0.335 e. The standard InChI is InChI=1S/C19H14Cl2N2O4/c1-10-15(21)4-3-5-16(10)23-18(25)14(17(24)22-19(23)26)8-11-6-12(20)9-13(7-11)27-2/h3-9H,1-2H3,(H,22,24,26)/b14-8+. The van der Waals surface area contributed by atoms with Crippen LogP contribution in [0.1, 0.15) is 11.1 Å². The van der Waals surface area contributed by atoms with E-state index < -0.39 is 17.8 Å². The van der Waals surface area contributed by atoms with Crippen molar-refractivity contribution < 1.29 is 19.1 Å². The molecule has 4 amide bonds. The number of carbonyl (C=O) groups excluding carboxylic acids is 3. The lowest BCUT2D eigenvalue weighted by Gasteiger charge is -2.27. The minimum atomic E-state index is -0.837. The topological polar surface area (TPSA) is 75.7 Å². The third-order valence-corrected chi connectivity index (χ3v) is 4.65. The zero-order valence-corrected chi connectivity index (χ0v) is 15.9. The molecular formula is C19H14Cl2N2O4. The first-order valence-electron chi connectivity index (χ1n) is 7.83. The minimum absolute atomic E-state index is 0.210. The van der Waals surface area contributed by atoms with E-state index >= 15 is 0 Å². The summed E-state index contributed by atoms with van der Waals surface area (Å²) >= 11 is 12.1. The van der Waals surface area contributed by atoms with Crippen LogP contribution in [0, 0.1) is 6.92 Å². The molecule has 1 aliphatic heterocycles. The molecule has 0 spiro atoms. The summed E-state index contributed by atoms with van der Waals surface area (Å²) in [6.45, 7) is 1.68. The molecule has 0 unspecified atom stereocenters. The van der Waals surface area contributed by atoms with Crippen LogP contribution in [0.2, 0.25) is 10.0 Å². The number of nitrogens with zero attached hydrogens (tertiary/aromatic N) is 1. The summed E-state index contributed by atoms with van der Waals surface area (Å²) < 4.78 is 5.14. The van der Waals surface area contributed by atoms with E-state index in [9.17, 15) is 14.4 Å². The van der Waals surface area contributed by atoms with E-state index in [0.29, 0.717) is 32.6 Å². The molecule has 0 aromatic heterocycles. The molecule has 0 bridgehead atoms. The Hall–Kier alpha value is -2.83. The van der Waals surface area contributed by atoms with Gasteiger partial charge in [0.25, 0.3) is 11.8 Å². The van der Waals surface area contributed by atoms with E-state index in [1.165, 1.54) is 13.2 Å². The largest absolute Gasteiger partial charge is 0.497 e. The highest BCUT2D eigenvalue weighted by Crippen LogP contribution is 2.30. The molecular weight excluding hydrogens is 391 g/mol. The lowest BCUT2D eigenvalue weighted by Crippen LogP contribution is -2.54. The van der Waals surface area contributed by atoms with Crippen molar-refractivity contribution in [3.63, 3.8) is 0 Å². The van der Waals surface area contributed by atoms with Gasteiger partial charge in [-0.3, -0.25) is 14.9 Å². The Morgan fingerprint density at radius 2 is 1.85 bits per heavy atom. The van der Waals surface area contributed by atoms with E-state index in [4.69, 9.17) is 27.9 Å². The molecule has 1 fully saturated rings. The second kappa shape index (κ2) is 7.42. The van der Waals surface area contributed by atoms with Crippen LogP contribution < -0.4 is 15.0 Å². The molecule has 8 heteroatoms. The number of imide groups is 2. The Kier molecular flexibility index (Phi) is 5.21. The Morgan fingerprint density at radius 3 is 2.56 bits per heavy atom. The average molecular weight is 405 g/mol. The van der Waals surface area contributed by atoms with Gasteiger partial charge in [0.05, 0.1) is 12.8 Å². The molecule has 6 nitrogen and oxygen atoms in total. The third kappa shape index (κ3) is 3.67. The maximum atomic E-state index is 12.9. The van der Waals surface area contributed by atoms with E-state index in [1.807, 2.05) is 0 Å². The van der Waals surface area contributed by atoms with Gasteiger partial charge in [-0.2, -0.15) is 0 Å². The number of halogens is 2. The molecule has 0 aliphatic carbocycles. The molecule has 2 aromatic carbocycles. The molecule has 1 aliphatic rings. The van der Waals surface area contributed by atoms with Gasteiger partial charge in [-0.25, -0.2) is 9.69 Å². The molecule has 138 valence electrons. The van der Waals surface area contributed by atoms with Crippen molar-refractivity contribution in [3.05, 3.63) is 63.1 Å². The zero-order valence-electron chi connectivity index (χ0n) is 14.4. The van der Waals surface area contributed by atoms with Gasteiger partial charge in [-0.15, -0.1) is 0 Å². The smallest absolute Gasteiger partial charge is 0.335 e. The van der Waals surface area contributed by atoms with E-state index in [1.54, 1.807) is 43.3 Å². The lowest BCUT2D eigenvalue weighted by atomic mass is 10.1. The van der Waals surface area contributed by atoms with E-state index in [2.05, 4.69) is 5.32 Å². The Bertz CT molecular complexity index is 1000. The fraction of sp³-hybridized carbons (Fsp3) is 0.105. The number of nitrogens with one attached hydrogen (secondary N) is 1. The first kappa shape index (κ1) is 18.9. The molecule has 0 atom stereocenters. The van der Waals surface area contributed by atoms with E-state index in [-0.39, 0.29) is 5.57 Å². The van der Waals surface area contributed by atoms with Crippen molar-refractivity contribution in [1.29, 1.82) is 0 Å². The Morgan fingerprint density at radius 1 is 1.11 bits per heavy atom. The molecule has 0 saturated carbocycles. The van der Waals surface area contributed by atoms with Crippen molar-refractivity contribution in [2.24, 2.45) is 0 Å². The number of rotatable bonds is 3. The number of ether oxygens (including phenoxy) is 1. The van der Waals surface area contributed by atoms with Crippen LogP contribution >= 0.6 is 23.2 Å². The predicted octanol–water partition coefficient (Wildman–Crippen LogP) is 3.98. The van der Waals surface area contributed by atoms with E-state index in [0.717, 1.165) is 4.90 Å². The highest BCUT2D eigenvalue weighted by Gasteiger charge is 2.37. The molecule has 2 aromatic rings. The van der Waals surface area contributed by atoms with Crippen molar-refractivity contribution in [2.75, 3.05) is 12.0 Å². The molecule has 1 heterocycles. The number of benzene rings is 2. The predicted molar refractivity (Wildman–Crippen MR) is 103 cm³/mol. The molecule has 3 rings (SSSR count). The number of barbiturate groups is 1. The van der Waals surface area contributed by atoms with Gasteiger partial charge < -0.3 is 4.74 Å². The lowest BCUT2D eigenvalue weighted by molar-refractivity contribution is -0.122. The maximum absolute atomic E-state index is 12.9. The van der Waals surface area contributed by atoms with Gasteiger partial charge in [0.15, 0.2) is 0 Å². The van der Waals surface area contributed by atoms with Gasteiger partial charge >= 0.3 is 6.03 Å². The number of methoxy groups -OCH3 is 1. The highest BCUT2D eigenvalue weighted by atomic mass is 35.5. The number of carbonyl (C=O) groups is 3. The third-order valence-electron chi connectivity index (χ3n) is 4.02. The van der Waals surface area contributed by atoms with Crippen LogP contribution in [0.15, 0.2) is 42.0 Å². The van der Waals surface area contributed by atoms with Crippen LogP contribution in [0.4, 0.5) is 10.5 Å². The molecule has 0 radical (unpaired) electrons. The summed E-state index contributed by atoms with van der Waals surface area (Å²) in [4.78, 5) is 38.4. The molecule has 1 saturated heterocycles. The summed E-state index contributed by atoms with van der Waals surface area (Å²) in [6.07, 6.45) is 1.35. The number of urea groups is 1. The Balaban J connectivity index is 2.08. The average Bonchev–Trinajstić information content (AvgIpc) is 2.61. The summed E-state index contributed by atoms with van der Waals surface area (Å²) in [5.41, 5.74) is 1.11. The number of hydrogen-bond acceptors (Lipinski definition) is 4. The summed E-state index contributed by atoms with van der Waals surface area (Å²) in [5, 5.41) is 2.95. The summed E-state index contributed by atoms with van der Waals surface area (Å²) in [6, 6.07) is 8.79. The van der Waals surface area contributed by atoms with Gasteiger partial charge in [0.2, 0.25) is 0 Å². The second-order valence-electron chi connectivity index (χ2n) is 5.77. The van der Waals surface area contributed by atoms with Gasteiger partial charge in [0.1, 0.15) is 11.3 Å². The first-order valence-corrected chi connectivity index (χ1v) is 8.58. The van der Waals surface area contributed by atoms with Crippen LogP contribution in [-0.4, -0.2) is 25.0 Å². The van der Waals surface area contributed by atoms with Crippen LogP contribution in [0.3, 0.4) is 0 Å². The summed E-state index contributed by atoms with van der Waals surface area (Å²) in [7, 11) is 1.48. The van der Waals surface area contributed by atoms with Crippen LogP contribution in [0.5, 0.6) is 5.75 Å². The fourth-order valence-corrected chi connectivity index (χ4v) is 3.07. The minimum Gasteiger partial charge on any atom is -0.497 e. The van der Waals surface area contributed by atoms with Crippen molar-refractivity contribution in [3.8, 4) is 5.75 Å². The summed E-state index contributed by atoms with van der Waals surface area (Å²) in [5.74, 6) is -1.08. The SMILES string of the molecule is COc1cc(Cl)cc(/C=C2\C(=O)NC(=O)N(c3cccc(Cl)c3C)C2=O)c1. The number of anilines is 1. The normalized spacial score (nSPS) is 15.9. The van der Waals surface area contributed by atoms with Gasteiger partial charge in [-0.05, 0) is 54.5 Å². The second-order valence-corrected chi connectivity index (χ2v) is 6.61. The molecule has 1 N–H and O–H groups in total. The van der Waals surface area contributed by atoms with Crippen LogP contribution in [0.25, 0.3) is 6.08 Å². The van der Waals surface area contributed by atoms with Gasteiger partial charge in [0, 0.05) is 10.0 Å². The number of hydrogen-bond donors (Lipinski definition) is 1. The molecule has 27 heavy (non-hydrogen) atoms. The van der Waals surface area contributed by atoms with Crippen molar-refractivity contribution in [2.45, 2.75) is 6.92 Å². The van der Waals surface area contributed by atoms with Crippen molar-refractivity contribution in [1.82, 2.24) is 5.32 Å². The monoisotopic (exact) mass is 404 g/mol. The fourth-order valence-electron chi connectivity index (χ4n) is 2.67. The zero-order chi connectivity index (χ0) is 19.7. The quantitative estimate of drug-likeness (QED) is 0.619. The first-order chi connectivity index (χ1) is 12.8. The van der Waals surface area contributed by atoms with Gasteiger partial charge in [-0.1, -0.05) is 29.3 Å². The Labute approximate surface area is 165 Å². The highest BCUT2D eigenvalue weighted by molar-refractivity contribution is 6.40. The van der Waals surface area contributed by atoms with Crippen LogP contribution in [-0.2, 0) is 9.59 Å². The van der Waals surface area contributed by atoms with Crippen molar-refractivity contribution >= 4 is 52.8 Å². The number of amides is 4.